The normalized spacial score (nSPS) is 15.9. The number of fused-ring (bicyclic) bond motifs is 2. The first-order chi connectivity index (χ1) is 19.8. The second-order valence-corrected chi connectivity index (χ2v) is 10.6. The van der Waals surface area contributed by atoms with Crippen LogP contribution in [0, 0.1) is 0 Å². The lowest BCUT2D eigenvalue weighted by Crippen LogP contribution is -2.64. The fourth-order valence-electron chi connectivity index (χ4n) is 5.29. The van der Waals surface area contributed by atoms with E-state index < -0.39 is 11.4 Å². The van der Waals surface area contributed by atoms with Crippen molar-refractivity contribution in [2.75, 3.05) is 44.2 Å². The molecule has 41 heavy (non-hydrogen) atoms. The summed E-state index contributed by atoms with van der Waals surface area (Å²) in [4.78, 5) is 53.0. The van der Waals surface area contributed by atoms with Crippen LogP contribution in [0.2, 0.25) is 5.02 Å². The summed E-state index contributed by atoms with van der Waals surface area (Å²) in [5, 5.41) is 14.4. The largest absolute Gasteiger partial charge is 0.482 e. The van der Waals surface area contributed by atoms with E-state index in [-0.39, 0.29) is 50.4 Å². The fraction of sp³-hybridized carbons (Fsp3) is 0.333. The minimum absolute atomic E-state index is 0.143. The van der Waals surface area contributed by atoms with Gasteiger partial charge in [0.05, 0.1) is 12.1 Å². The van der Waals surface area contributed by atoms with Gasteiger partial charge in [0, 0.05) is 18.1 Å². The molecule has 0 atom stereocenters. The van der Waals surface area contributed by atoms with E-state index in [0.29, 0.717) is 42.4 Å². The van der Waals surface area contributed by atoms with E-state index in [1.807, 2.05) is 42.5 Å². The van der Waals surface area contributed by atoms with Gasteiger partial charge in [-0.1, -0.05) is 54.1 Å². The number of anilines is 1. The van der Waals surface area contributed by atoms with E-state index >= 15 is 0 Å². The second kappa shape index (κ2) is 12.6. The van der Waals surface area contributed by atoms with E-state index in [1.165, 1.54) is 4.90 Å². The topological polar surface area (TPSA) is 129 Å². The van der Waals surface area contributed by atoms with Gasteiger partial charge in [0.15, 0.2) is 6.61 Å². The monoisotopic (exact) mass is 577 g/mol. The molecule has 0 unspecified atom stereocenters. The van der Waals surface area contributed by atoms with Crippen molar-refractivity contribution in [1.82, 2.24) is 21.3 Å². The van der Waals surface area contributed by atoms with Gasteiger partial charge in [-0.2, -0.15) is 0 Å². The Morgan fingerprint density at radius 1 is 0.951 bits per heavy atom. The number of carbonyl (C=O) groups excluding carboxylic acids is 4. The Morgan fingerprint density at radius 2 is 1.71 bits per heavy atom. The Kier molecular flexibility index (Phi) is 8.70. The third-order valence-corrected chi connectivity index (χ3v) is 7.63. The minimum atomic E-state index is -1.14. The standard InChI is InChI=1S/C30H32ClN5O5/c31-22-8-9-25-24(17-22)36(28(39)19-41-25)18-27(38)35-30(10-12-32-13-11-30)29(40)34-15-14-33-26(37)16-21-6-3-5-20-4-1-2-7-23(20)21/h1-9,17,32H,10-16,18-19H2,(H,33,37)(H,34,40)(H,35,38). The van der Waals surface area contributed by atoms with Crippen LogP contribution in [0.25, 0.3) is 10.8 Å². The summed E-state index contributed by atoms with van der Waals surface area (Å²) in [5.41, 5.74) is 0.207. The first-order valence-electron chi connectivity index (χ1n) is 13.6. The van der Waals surface area contributed by atoms with Crippen LogP contribution >= 0.6 is 11.6 Å². The Morgan fingerprint density at radius 3 is 2.54 bits per heavy atom. The highest BCUT2D eigenvalue weighted by Crippen LogP contribution is 2.34. The lowest BCUT2D eigenvalue weighted by Gasteiger charge is -2.38. The molecule has 0 radical (unpaired) electrons. The van der Waals surface area contributed by atoms with E-state index in [4.69, 9.17) is 16.3 Å². The fourth-order valence-corrected chi connectivity index (χ4v) is 5.46. The Balaban J connectivity index is 1.16. The highest BCUT2D eigenvalue weighted by molar-refractivity contribution is 6.31. The van der Waals surface area contributed by atoms with E-state index in [1.54, 1.807) is 18.2 Å². The first-order valence-corrected chi connectivity index (χ1v) is 14.0. The molecule has 1 saturated heterocycles. The molecule has 0 aromatic heterocycles. The molecular weight excluding hydrogens is 546 g/mol. The van der Waals surface area contributed by atoms with Crippen LogP contribution in [0.4, 0.5) is 5.69 Å². The van der Waals surface area contributed by atoms with Crippen molar-refractivity contribution in [2.24, 2.45) is 0 Å². The number of hydrogen-bond acceptors (Lipinski definition) is 6. The smallest absolute Gasteiger partial charge is 0.265 e. The summed E-state index contributed by atoms with van der Waals surface area (Å²) in [6, 6.07) is 18.7. The lowest BCUT2D eigenvalue weighted by atomic mass is 9.87. The maximum atomic E-state index is 13.4. The number of amides is 4. The third-order valence-electron chi connectivity index (χ3n) is 7.40. The number of rotatable bonds is 9. The highest BCUT2D eigenvalue weighted by atomic mass is 35.5. The quantitative estimate of drug-likeness (QED) is 0.288. The molecule has 0 bridgehead atoms. The van der Waals surface area contributed by atoms with Crippen molar-refractivity contribution in [1.29, 1.82) is 0 Å². The summed E-state index contributed by atoms with van der Waals surface area (Å²) >= 11 is 6.11. The van der Waals surface area contributed by atoms with Crippen LogP contribution < -0.4 is 30.9 Å². The number of halogens is 1. The van der Waals surface area contributed by atoms with Crippen molar-refractivity contribution in [3.8, 4) is 5.75 Å². The number of ether oxygens (including phenoxy) is 1. The average Bonchev–Trinajstić information content (AvgIpc) is 2.97. The predicted octanol–water partition coefficient (Wildman–Crippen LogP) is 1.93. The molecule has 3 aromatic rings. The molecule has 11 heteroatoms. The maximum absolute atomic E-state index is 13.4. The number of carbonyl (C=O) groups is 4. The highest BCUT2D eigenvalue weighted by Gasteiger charge is 2.41. The van der Waals surface area contributed by atoms with Crippen LogP contribution in [-0.2, 0) is 25.6 Å². The molecule has 10 nitrogen and oxygen atoms in total. The van der Waals surface area contributed by atoms with E-state index in [9.17, 15) is 19.2 Å². The average molecular weight is 578 g/mol. The van der Waals surface area contributed by atoms with E-state index in [2.05, 4.69) is 21.3 Å². The second-order valence-electron chi connectivity index (χ2n) is 10.2. The first kappa shape index (κ1) is 28.4. The Labute approximate surface area is 242 Å². The number of nitrogens with one attached hydrogen (secondary N) is 4. The van der Waals surface area contributed by atoms with Crippen molar-refractivity contribution >= 4 is 51.7 Å². The van der Waals surface area contributed by atoms with Gasteiger partial charge >= 0.3 is 0 Å². The molecule has 4 N–H and O–H groups in total. The zero-order valence-electron chi connectivity index (χ0n) is 22.5. The molecule has 2 heterocycles. The van der Waals surface area contributed by atoms with E-state index in [0.717, 1.165) is 16.3 Å². The van der Waals surface area contributed by atoms with Crippen molar-refractivity contribution < 1.29 is 23.9 Å². The zero-order valence-corrected chi connectivity index (χ0v) is 23.3. The lowest BCUT2D eigenvalue weighted by molar-refractivity contribution is -0.134. The van der Waals surface area contributed by atoms with Crippen molar-refractivity contribution in [2.45, 2.75) is 24.8 Å². The SMILES string of the molecule is O=C(Cc1cccc2ccccc12)NCCNC(=O)C1(NC(=O)CN2C(=O)COc3ccc(Cl)cc32)CCNCC1. The van der Waals surface area contributed by atoms with Gasteiger partial charge in [0.25, 0.3) is 5.91 Å². The van der Waals surface area contributed by atoms with Crippen LogP contribution in [0.15, 0.2) is 60.7 Å². The molecule has 214 valence electrons. The number of benzene rings is 3. The maximum Gasteiger partial charge on any atom is 0.265 e. The van der Waals surface area contributed by atoms with Gasteiger partial charge in [0.2, 0.25) is 17.7 Å². The summed E-state index contributed by atoms with van der Waals surface area (Å²) in [5.74, 6) is -0.855. The van der Waals surface area contributed by atoms with Gasteiger partial charge in [0.1, 0.15) is 17.8 Å². The number of piperidine rings is 1. The molecule has 4 amide bonds. The minimum Gasteiger partial charge on any atom is -0.482 e. The summed E-state index contributed by atoms with van der Waals surface area (Å²) in [6.07, 6.45) is 1.00. The molecule has 5 rings (SSSR count). The van der Waals surface area contributed by atoms with Gasteiger partial charge in [-0.15, -0.1) is 0 Å². The molecule has 2 aliphatic heterocycles. The molecule has 2 aliphatic rings. The zero-order chi connectivity index (χ0) is 28.8. The van der Waals surface area contributed by atoms with Crippen molar-refractivity contribution in [3.63, 3.8) is 0 Å². The molecule has 3 aromatic carbocycles. The number of nitrogens with zero attached hydrogens (tertiary/aromatic N) is 1. The Bertz CT molecular complexity index is 1470. The molecular formula is C30H32ClN5O5. The predicted molar refractivity (Wildman–Crippen MR) is 156 cm³/mol. The summed E-state index contributed by atoms with van der Waals surface area (Å²) < 4.78 is 5.45. The third kappa shape index (κ3) is 6.61. The van der Waals surface area contributed by atoms with Crippen LogP contribution in [0.3, 0.4) is 0 Å². The summed E-state index contributed by atoms with van der Waals surface area (Å²) in [6.45, 7) is 1.08. The number of hydrogen-bond donors (Lipinski definition) is 4. The van der Waals surface area contributed by atoms with Crippen LogP contribution in [0.5, 0.6) is 5.75 Å². The summed E-state index contributed by atoms with van der Waals surface area (Å²) in [7, 11) is 0. The molecule has 0 aliphatic carbocycles. The molecule has 0 spiro atoms. The van der Waals surface area contributed by atoms with Gasteiger partial charge in [-0.25, -0.2) is 0 Å². The van der Waals surface area contributed by atoms with Crippen molar-refractivity contribution in [3.05, 3.63) is 71.2 Å². The molecule has 1 fully saturated rings. The van der Waals surface area contributed by atoms with Crippen LogP contribution in [-0.4, -0.2) is 68.5 Å². The van der Waals surface area contributed by atoms with Gasteiger partial charge < -0.3 is 26.0 Å². The Hall–Kier alpha value is -4.15. The van der Waals surface area contributed by atoms with Gasteiger partial charge in [-0.05, 0) is 60.5 Å². The van der Waals surface area contributed by atoms with Gasteiger partial charge in [-0.3, -0.25) is 24.1 Å². The van der Waals surface area contributed by atoms with Crippen LogP contribution in [0.1, 0.15) is 18.4 Å². The molecule has 0 saturated carbocycles.